The molecule has 0 bridgehead atoms. The molecule has 1 aromatic carbocycles. The van der Waals surface area contributed by atoms with E-state index >= 15 is 0 Å². The third-order valence-corrected chi connectivity index (χ3v) is 4.32. The molecular weight excluding hydrogens is 198 g/mol. The Hall–Kier alpha value is -1.02. The minimum atomic E-state index is -0.0239. The molecule has 16 heavy (non-hydrogen) atoms. The van der Waals surface area contributed by atoms with Crippen LogP contribution in [0, 0.1) is 5.92 Å². The topological polar surface area (TPSA) is 46.2 Å². The van der Waals surface area contributed by atoms with Crippen LogP contribution in [0.25, 0.3) is 0 Å². The third-order valence-electron chi connectivity index (χ3n) is 4.32. The van der Waals surface area contributed by atoms with Gasteiger partial charge in [-0.2, -0.15) is 0 Å². The highest BCUT2D eigenvalue weighted by Crippen LogP contribution is 2.56. The summed E-state index contributed by atoms with van der Waals surface area (Å²) >= 11 is 0. The lowest BCUT2D eigenvalue weighted by Crippen LogP contribution is -2.30. The van der Waals surface area contributed by atoms with E-state index < -0.39 is 0 Å². The number of hydrogen-bond donors (Lipinski definition) is 2. The van der Waals surface area contributed by atoms with Gasteiger partial charge < -0.3 is 10.8 Å². The first kappa shape index (κ1) is 10.2. The standard InChI is InChI=1S/C14H19NO/c15-14(8-10-4-3-5-10)9-12(14)11-6-1-2-7-13(11)16/h1-2,6-7,10,12,16H,3-5,8-9,15H2. The second-order valence-corrected chi connectivity index (χ2v) is 5.55. The van der Waals surface area contributed by atoms with Crippen LogP contribution in [-0.4, -0.2) is 10.6 Å². The number of phenols is 1. The predicted octanol–water partition coefficient (Wildman–Crippen LogP) is 2.77. The van der Waals surface area contributed by atoms with Gasteiger partial charge in [0.25, 0.3) is 0 Å². The average Bonchev–Trinajstić information content (AvgIpc) is 2.86. The molecule has 0 aromatic heterocycles. The van der Waals surface area contributed by atoms with Crippen molar-refractivity contribution in [1.29, 1.82) is 0 Å². The lowest BCUT2D eigenvalue weighted by Gasteiger charge is -2.28. The fourth-order valence-corrected chi connectivity index (χ4v) is 2.98. The molecule has 2 saturated carbocycles. The first-order chi connectivity index (χ1) is 7.69. The van der Waals surface area contributed by atoms with E-state index in [-0.39, 0.29) is 5.54 Å². The molecule has 0 heterocycles. The van der Waals surface area contributed by atoms with E-state index in [4.69, 9.17) is 5.73 Å². The van der Waals surface area contributed by atoms with Crippen molar-refractivity contribution in [3.63, 3.8) is 0 Å². The van der Waals surface area contributed by atoms with E-state index in [0.29, 0.717) is 11.7 Å². The summed E-state index contributed by atoms with van der Waals surface area (Å²) < 4.78 is 0. The summed E-state index contributed by atoms with van der Waals surface area (Å²) in [7, 11) is 0. The zero-order valence-corrected chi connectivity index (χ0v) is 9.52. The lowest BCUT2D eigenvalue weighted by atomic mass is 9.79. The maximum Gasteiger partial charge on any atom is 0.119 e. The Morgan fingerprint density at radius 2 is 2.06 bits per heavy atom. The van der Waals surface area contributed by atoms with Gasteiger partial charge in [-0.1, -0.05) is 37.5 Å². The molecule has 2 atom stereocenters. The first-order valence-corrected chi connectivity index (χ1v) is 6.26. The Morgan fingerprint density at radius 3 is 2.69 bits per heavy atom. The summed E-state index contributed by atoms with van der Waals surface area (Å²) in [4.78, 5) is 0. The van der Waals surface area contributed by atoms with Crippen molar-refractivity contribution >= 4 is 0 Å². The van der Waals surface area contributed by atoms with Crippen LogP contribution in [0.3, 0.4) is 0 Å². The van der Waals surface area contributed by atoms with Crippen LogP contribution in [0.2, 0.25) is 0 Å². The van der Waals surface area contributed by atoms with Crippen LogP contribution in [0.5, 0.6) is 5.75 Å². The smallest absolute Gasteiger partial charge is 0.119 e. The van der Waals surface area contributed by atoms with E-state index in [1.165, 1.54) is 19.3 Å². The van der Waals surface area contributed by atoms with Crippen molar-refractivity contribution in [2.24, 2.45) is 11.7 Å². The number of rotatable bonds is 3. The SMILES string of the molecule is NC1(CC2CCC2)CC1c1ccccc1O. The molecule has 2 aliphatic carbocycles. The normalized spacial score (nSPS) is 33.4. The molecule has 3 rings (SSSR count). The van der Waals surface area contributed by atoms with E-state index in [2.05, 4.69) is 0 Å². The molecule has 0 spiro atoms. The van der Waals surface area contributed by atoms with Crippen LogP contribution in [0.4, 0.5) is 0 Å². The summed E-state index contributed by atoms with van der Waals surface area (Å²) in [6.07, 6.45) is 6.27. The molecule has 2 aliphatic rings. The Morgan fingerprint density at radius 1 is 1.31 bits per heavy atom. The van der Waals surface area contributed by atoms with Gasteiger partial charge in [0.2, 0.25) is 0 Å². The highest BCUT2D eigenvalue weighted by molar-refractivity contribution is 5.42. The Bertz CT molecular complexity index is 399. The van der Waals surface area contributed by atoms with Gasteiger partial charge in [-0.05, 0) is 30.4 Å². The zero-order valence-electron chi connectivity index (χ0n) is 9.52. The molecule has 3 N–H and O–H groups in total. The van der Waals surface area contributed by atoms with Crippen LogP contribution in [0.1, 0.15) is 43.6 Å². The van der Waals surface area contributed by atoms with Crippen LogP contribution in [-0.2, 0) is 0 Å². The van der Waals surface area contributed by atoms with Gasteiger partial charge in [0.1, 0.15) is 5.75 Å². The fourth-order valence-electron chi connectivity index (χ4n) is 2.98. The number of para-hydroxylation sites is 1. The van der Waals surface area contributed by atoms with Gasteiger partial charge >= 0.3 is 0 Å². The molecule has 2 heteroatoms. The van der Waals surface area contributed by atoms with E-state index in [1.54, 1.807) is 6.07 Å². The van der Waals surface area contributed by atoms with Crippen molar-refractivity contribution in [3.8, 4) is 5.75 Å². The second kappa shape index (κ2) is 3.49. The Labute approximate surface area is 96.5 Å². The first-order valence-electron chi connectivity index (χ1n) is 6.26. The molecule has 86 valence electrons. The van der Waals surface area contributed by atoms with Crippen LogP contribution >= 0.6 is 0 Å². The minimum Gasteiger partial charge on any atom is -0.508 e. The Balaban J connectivity index is 1.72. The van der Waals surface area contributed by atoms with Crippen LogP contribution < -0.4 is 5.73 Å². The van der Waals surface area contributed by atoms with Crippen molar-refractivity contribution in [1.82, 2.24) is 0 Å². The zero-order chi connectivity index (χ0) is 11.2. The molecule has 0 saturated heterocycles. The maximum absolute atomic E-state index is 9.80. The predicted molar refractivity (Wildman–Crippen MR) is 64.3 cm³/mol. The van der Waals surface area contributed by atoms with Gasteiger partial charge in [-0.25, -0.2) is 0 Å². The second-order valence-electron chi connectivity index (χ2n) is 5.55. The number of hydrogen-bond acceptors (Lipinski definition) is 2. The van der Waals surface area contributed by atoms with Gasteiger partial charge in [0, 0.05) is 11.5 Å². The molecule has 0 amide bonds. The molecule has 2 nitrogen and oxygen atoms in total. The maximum atomic E-state index is 9.80. The van der Waals surface area contributed by atoms with Gasteiger partial charge in [-0.3, -0.25) is 0 Å². The molecular formula is C14H19NO. The molecule has 0 aliphatic heterocycles. The van der Waals surface area contributed by atoms with Crippen molar-refractivity contribution < 1.29 is 5.11 Å². The highest BCUT2D eigenvalue weighted by atomic mass is 16.3. The summed E-state index contributed by atoms with van der Waals surface area (Å²) in [6.45, 7) is 0. The average molecular weight is 217 g/mol. The summed E-state index contributed by atoms with van der Waals surface area (Å²) in [6, 6.07) is 7.62. The monoisotopic (exact) mass is 217 g/mol. The quantitative estimate of drug-likeness (QED) is 0.817. The van der Waals surface area contributed by atoms with E-state index in [0.717, 1.165) is 24.3 Å². The number of phenolic OH excluding ortho intramolecular Hbond substituents is 1. The van der Waals surface area contributed by atoms with E-state index in [9.17, 15) is 5.11 Å². The van der Waals surface area contributed by atoms with Crippen LogP contribution in [0.15, 0.2) is 24.3 Å². The highest BCUT2D eigenvalue weighted by Gasteiger charge is 2.53. The van der Waals surface area contributed by atoms with Crippen molar-refractivity contribution in [3.05, 3.63) is 29.8 Å². The fraction of sp³-hybridized carbons (Fsp3) is 0.571. The van der Waals surface area contributed by atoms with E-state index in [1.807, 2.05) is 18.2 Å². The Kier molecular flexibility index (Phi) is 2.21. The molecule has 2 fully saturated rings. The lowest BCUT2D eigenvalue weighted by molar-refractivity contribution is 0.267. The summed E-state index contributed by atoms with van der Waals surface area (Å²) in [5.74, 6) is 1.64. The number of nitrogens with two attached hydrogens (primary N) is 1. The van der Waals surface area contributed by atoms with Gasteiger partial charge in [0.05, 0.1) is 0 Å². The molecule has 0 radical (unpaired) electrons. The van der Waals surface area contributed by atoms with Crippen molar-refractivity contribution in [2.45, 2.75) is 43.6 Å². The minimum absolute atomic E-state index is 0.0239. The number of aromatic hydroxyl groups is 1. The third kappa shape index (κ3) is 1.61. The van der Waals surface area contributed by atoms with Crippen molar-refractivity contribution in [2.75, 3.05) is 0 Å². The van der Waals surface area contributed by atoms with Gasteiger partial charge in [-0.15, -0.1) is 0 Å². The molecule has 2 unspecified atom stereocenters. The molecule has 1 aromatic rings. The number of benzene rings is 1. The summed E-state index contributed by atoms with van der Waals surface area (Å²) in [5.41, 5.74) is 7.41. The summed E-state index contributed by atoms with van der Waals surface area (Å²) in [5, 5.41) is 9.80. The largest absolute Gasteiger partial charge is 0.508 e. The van der Waals surface area contributed by atoms with Gasteiger partial charge in [0.15, 0.2) is 0 Å².